The average Bonchev–Trinajstić information content (AvgIpc) is 1.98. The van der Waals surface area contributed by atoms with E-state index in [2.05, 4.69) is 0 Å². The Morgan fingerprint density at radius 3 is 2.40 bits per heavy atom. The Morgan fingerprint density at radius 2 is 1.93 bits per heavy atom. The smallest absolute Gasteiger partial charge is 0.240 e. The molecule has 4 N–H and O–H groups in total. The molecule has 6 heteroatoms. The third-order valence-corrected chi connectivity index (χ3v) is 3.44. The van der Waals surface area contributed by atoms with E-state index in [1.165, 1.54) is 6.07 Å². The van der Waals surface area contributed by atoms with Crippen LogP contribution in [0.4, 0.5) is 11.4 Å². The first kappa shape index (κ1) is 10.3. The molecule has 0 saturated carbocycles. The van der Waals surface area contributed by atoms with Crippen molar-refractivity contribution in [1.29, 1.82) is 0 Å². The summed E-state index contributed by atoms with van der Waals surface area (Å²) < 4.78 is 22.6. The number of nitrogens with two attached hydrogens (primary N) is 2. The molecule has 0 bridgehead atoms. The predicted octanol–water partition coefficient (Wildman–Crippen LogP) is 0.126. The molecule has 1 aliphatic heterocycles. The number of benzene rings is 1. The van der Waals surface area contributed by atoms with Crippen LogP contribution < -0.4 is 15.8 Å². The minimum atomic E-state index is -3.67. The van der Waals surface area contributed by atoms with E-state index < -0.39 is 10.0 Å². The van der Waals surface area contributed by atoms with Gasteiger partial charge in [-0.05, 0) is 24.6 Å². The third-order valence-electron chi connectivity index (χ3n) is 2.49. The highest BCUT2D eigenvalue weighted by Gasteiger charge is 2.22. The fraction of sp³-hybridized carbons (Fsp3) is 0.333. The van der Waals surface area contributed by atoms with E-state index in [0.717, 1.165) is 19.5 Å². The molecule has 5 nitrogen and oxygen atoms in total. The van der Waals surface area contributed by atoms with Crippen LogP contribution >= 0.6 is 0 Å². The summed E-state index contributed by atoms with van der Waals surface area (Å²) in [5.41, 5.74) is 6.79. The lowest BCUT2D eigenvalue weighted by atomic mass is 10.1. The second-order valence-corrected chi connectivity index (χ2v) is 5.14. The second kappa shape index (κ2) is 3.39. The highest BCUT2D eigenvalue weighted by molar-refractivity contribution is 7.89. The van der Waals surface area contributed by atoms with Crippen molar-refractivity contribution in [1.82, 2.24) is 0 Å². The van der Waals surface area contributed by atoms with E-state index in [-0.39, 0.29) is 4.90 Å². The van der Waals surface area contributed by atoms with Crippen molar-refractivity contribution < 1.29 is 8.42 Å². The van der Waals surface area contributed by atoms with Crippen LogP contribution in [0.1, 0.15) is 6.42 Å². The van der Waals surface area contributed by atoms with Gasteiger partial charge >= 0.3 is 0 Å². The normalized spacial score (nSPS) is 16.2. The van der Waals surface area contributed by atoms with Gasteiger partial charge in [0.25, 0.3) is 0 Å². The van der Waals surface area contributed by atoms with E-state index in [0.29, 0.717) is 11.4 Å². The summed E-state index contributed by atoms with van der Waals surface area (Å²) in [5.74, 6) is 0. The van der Waals surface area contributed by atoms with Crippen molar-refractivity contribution in [3.05, 3.63) is 18.2 Å². The Bertz CT molecular complexity index is 480. The lowest BCUT2D eigenvalue weighted by Gasteiger charge is -2.34. The van der Waals surface area contributed by atoms with Gasteiger partial charge in [-0.25, -0.2) is 13.6 Å². The summed E-state index contributed by atoms with van der Waals surface area (Å²) in [4.78, 5) is 2.10. The van der Waals surface area contributed by atoms with Crippen LogP contribution in [-0.4, -0.2) is 21.5 Å². The summed E-state index contributed by atoms with van der Waals surface area (Å²) in [6.07, 6.45) is 1.07. The number of hydrogen-bond acceptors (Lipinski definition) is 4. The van der Waals surface area contributed by atoms with Crippen molar-refractivity contribution in [2.75, 3.05) is 23.7 Å². The quantitative estimate of drug-likeness (QED) is 0.702. The van der Waals surface area contributed by atoms with Gasteiger partial charge in [-0.2, -0.15) is 0 Å². The van der Waals surface area contributed by atoms with Crippen LogP contribution in [0.3, 0.4) is 0 Å². The lowest BCUT2D eigenvalue weighted by Crippen LogP contribution is -2.38. The zero-order chi connectivity index (χ0) is 11.1. The molecule has 1 saturated heterocycles. The van der Waals surface area contributed by atoms with Crippen molar-refractivity contribution in [3.63, 3.8) is 0 Å². The van der Waals surface area contributed by atoms with Gasteiger partial charge in [-0.3, -0.25) is 0 Å². The highest BCUT2D eigenvalue weighted by atomic mass is 32.2. The fourth-order valence-electron chi connectivity index (χ4n) is 1.58. The molecule has 1 aromatic carbocycles. The van der Waals surface area contributed by atoms with E-state index in [1.54, 1.807) is 12.1 Å². The number of sulfonamides is 1. The number of anilines is 2. The van der Waals surface area contributed by atoms with Crippen LogP contribution in [0.15, 0.2) is 23.1 Å². The Balaban J connectivity index is 2.53. The summed E-state index contributed by atoms with van der Waals surface area (Å²) >= 11 is 0. The van der Waals surface area contributed by atoms with E-state index in [4.69, 9.17) is 10.9 Å². The molecule has 0 unspecified atom stereocenters. The van der Waals surface area contributed by atoms with Crippen molar-refractivity contribution in [3.8, 4) is 0 Å². The van der Waals surface area contributed by atoms with E-state index in [1.807, 2.05) is 4.90 Å². The number of rotatable bonds is 2. The minimum Gasteiger partial charge on any atom is -0.399 e. The monoisotopic (exact) mass is 227 g/mol. The fourth-order valence-corrected chi connectivity index (χ4v) is 2.32. The molecule has 15 heavy (non-hydrogen) atoms. The highest BCUT2D eigenvalue weighted by Crippen LogP contribution is 2.29. The van der Waals surface area contributed by atoms with Crippen molar-refractivity contribution in [2.24, 2.45) is 5.14 Å². The first-order chi connectivity index (χ1) is 6.98. The Kier molecular flexibility index (Phi) is 2.32. The van der Waals surface area contributed by atoms with Gasteiger partial charge in [0.15, 0.2) is 0 Å². The Hall–Kier alpha value is -1.27. The van der Waals surface area contributed by atoms with Crippen molar-refractivity contribution >= 4 is 21.4 Å². The summed E-state index contributed by atoms with van der Waals surface area (Å²) in [6.45, 7) is 1.71. The topological polar surface area (TPSA) is 89.4 Å². The van der Waals surface area contributed by atoms with Gasteiger partial charge < -0.3 is 10.6 Å². The molecule has 0 amide bonds. The van der Waals surface area contributed by atoms with Gasteiger partial charge in [0.2, 0.25) is 10.0 Å². The minimum absolute atomic E-state index is 0.149. The van der Waals surface area contributed by atoms with Crippen LogP contribution in [-0.2, 0) is 10.0 Å². The number of nitrogen functional groups attached to an aromatic ring is 1. The maximum absolute atomic E-state index is 11.3. The zero-order valence-electron chi connectivity index (χ0n) is 8.18. The van der Waals surface area contributed by atoms with Crippen LogP contribution in [0.25, 0.3) is 0 Å². The molecule has 2 rings (SSSR count). The number of nitrogens with zero attached hydrogens (tertiary/aromatic N) is 1. The summed E-state index contributed by atoms with van der Waals surface area (Å²) in [6, 6.07) is 4.65. The first-order valence-electron chi connectivity index (χ1n) is 4.66. The molecule has 0 atom stereocenters. The first-order valence-corrected chi connectivity index (χ1v) is 6.20. The maximum Gasteiger partial charge on any atom is 0.240 e. The van der Waals surface area contributed by atoms with Gasteiger partial charge in [-0.15, -0.1) is 0 Å². The molecule has 0 aliphatic carbocycles. The van der Waals surface area contributed by atoms with Gasteiger partial charge in [0.1, 0.15) is 4.90 Å². The average molecular weight is 227 g/mol. The molecule has 1 fully saturated rings. The maximum atomic E-state index is 11.3. The third kappa shape index (κ3) is 1.91. The largest absolute Gasteiger partial charge is 0.399 e. The summed E-state index contributed by atoms with van der Waals surface area (Å²) in [7, 11) is -3.67. The second-order valence-electron chi connectivity index (χ2n) is 3.61. The Labute approximate surface area is 88.7 Å². The lowest BCUT2D eigenvalue weighted by molar-refractivity contribution is 0.590. The molecule has 82 valence electrons. The van der Waals surface area contributed by atoms with Gasteiger partial charge in [0.05, 0.1) is 5.69 Å². The number of hydrogen-bond donors (Lipinski definition) is 2. The van der Waals surface area contributed by atoms with E-state index in [9.17, 15) is 8.42 Å². The molecule has 1 heterocycles. The molecular formula is C9H13N3O2S. The molecular weight excluding hydrogens is 214 g/mol. The molecule has 1 aliphatic rings. The van der Waals surface area contributed by atoms with Crippen LogP contribution in [0, 0.1) is 0 Å². The SMILES string of the molecule is Nc1ccc(S(N)(=O)=O)c(N2CCC2)c1. The molecule has 1 aromatic rings. The van der Waals surface area contributed by atoms with E-state index >= 15 is 0 Å². The molecule has 0 radical (unpaired) electrons. The van der Waals surface area contributed by atoms with Gasteiger partial charge in [-0.1, -0.05) is 0 Å². The number of primary sulfonamides is 1. The van der Waals surface area contributed by atoms with Crippen LogP contribution in [0.5, 0.6) is 0 Å². The standard InChI is InChI=1S/C9H13N3O2S/c10-7-2-3-9(15(11,13)14)8(6-7)12-4-1-5-12/h2-3,6H,1,4-5,10H2,(H2,11,13,14). The molecule has 0 aromatic heterocycles. The predicted molar refractivity (Wildman–Crippen MR) is 59.1 cm³/mol. The zero-order valence-corrected chi connectivity index (χ0v) is 9.00. The molecule has 0 spiro atoms. The Morgan fingerprint density at radius 1 is 1.27 bits per heavy atom. The van der Waals surface area contributed by atoms with Crippen molar-refractivity contribution in [2.45, 2.75) is 11.3 Å². The summed E-state index contributed by atoms with van der Waals surface area (Å²) in [5, 5.41) is 5.13. The van der Waals surface area contributed by atoms with Crippen LogP contribution in [0.2, 0.25) is 0 Å². The van der Waals surface area contributed by atoms with Gasteiger partial charge in [0, 0.05) is 18.8 Å².